The van der Waals surface area contributed by atoms with Gasteiger partial charge in [-0.2, -0.15) is 0 Å². The summed E-state index contributed by atoms with van der Waals surface area (Å²) in [7, 11) is 0. The van der Waals surface area contributed by atoms with Crippen LogP contribution in [0.15, 0.2) is 11.0 Å². The number of unbranched alkanes of at least 4 members (excludes halogenated alkanes) is 14. The monoisotopic (exact) mass is 350 g/mol. The van der Waals surface area contributed by atoms with E-state index in [1.807, 2.05) is 0 Å². The van der Waals surface area contributed by atoms with E-state index in [0.29, 0.717) is 6.42 Å². The molecule has 0 spiro atoms. The molecule has 0 aromatic carbocycles. The fourth-order valence-electron chi connectivity index (χ4n) is 3.31. The molecule has 4 heteroatoms. The number of hydrogen-bond donors (Lipinski definition) is 2. The normalized spacial score (nSPS) is 11.1. The molecular weight excluding hydrogens is 312 g/mol. The molecule has 144 valence electrons. The number of hydrogen-bond acceptors (Lipinski definition) is 2. The predicted molar refractivity (Wildman–Crippen MR) is 105 cm³/mol. The van der Waals surface area contributed by atoms with Gasteiger partial charge in [0, 0.05) is 12.6 Å². The fraction of sp³-hybridized carbons (Fsp3) is 0.810. The molecule has 0 bridgehead atoms. The summed E-state index contributed by atoms with van der Waals surface area (Å²) in [4.78, 5) is 23.1. The van der Waals surface area contributed by atoms with Crippen molar-refractivity contribution in [3.05, 3.63) is 22.1 Å². The number of ketones is 1. The second-order valence-corrected chi connectivity index (χ2v) is 7.28. The van der Waals surface area contributed by atoms with Gasteiger partial charge in [-0.15, -0.1) is 0 Å². The maximum atomic E-state index is 11.8. The number of carbonyl (C=O) groups is 1. The van der Waals surface area contributed by atoms with Gasteiger partial charge < -0.3 is 5.10 Å². The Labute approximate surface area is 153 Å². The molecule has 0 unspecified atom stereocenters. The summed E-state index contributed by atoms with van der Waals surface area (Å²) in [5, 5.41) is 4.98. The average molecular weight is 351 g/mol. The van der Waals surface area contributed by atoms with E-state index < -0.39 is 0 Å². The average Bonchev–Trinajstić information content (AvgIpc) is 3.04. The highest BCUT2D eigenvalue weighted by Crippen LogP contribution is 2.14. The summed E-state index contributed by atoms with van der Waals surface area (Å²) < 4.78 is 0. The topological polar surface area (TPSA) is 65.7 Å². The summed E-state index contributed by atoms with van der Waals surface area (Å²) in [5.41, 5.74) is -0.0312. The Morgan fingerprint density at radius 2 is 1.20 bits per heavy atom. The molecule has 1 heterocycles. The standard InChI is InChI=1S/C21H38N2O2/c1-2-3-4-5-6-7-8-9-10-11-12-13-14-15-16-17-20(24)19-18-22-23-21(19)25/h18H,2-17H2,1H3,(H2,22,23,25). The van der Waals surface area contributed by atoms with Gasteiger partial charge in [0.2, 0.25) is 0 Å². The van der Waals surface area contributed by atoms with Crippen molar-refractivity contribution in [3.63, 3.8) is 0 Å². The maximum absolute atomic E-state index is 11.8. The third-order valence-electron chi connectivity index (χ3n) is 4.95. The summed E-state index contributed by atoms with van der Waals surface area (Å²) >= 11 is 0. The smallest absolute Gasteiger partial charge is 0.274 e. The number of nitrogens with one attached hydrogen (secondary N) is 2. The van der Waals surface area contributed by atoms with Crippen LogP contribution in [0.1, 0.15) is 120 Å². The summed E-state index contributed by atoms with van der Waals surface area (Å²) in [6.45, 7) is 2.27. The van der Waals surface area contributed by atoms with Crippen molar-refractivity contribution >= 4 is 5.78 Å². The van der Waals surface area contributed by atoms with E-state index >= 15 is 0 Å². The fourth-order valence-corrected chi connectivity index (χ4v) is 3.31. The Kier molecular flexibility index (Phi) is 13.0. The Hall–Kier alpha value is -1.32. The van der Waals surface area contributed by atoms with E-state index in [4.69, 9.17) is 0 Å². The lowest BCUT2D eigenvalue weighted by Gasteiger charge is -2.03. The zero-order valence-corrected chi connectivity index (χ0v) is 16.2. The Balaban J connectivity index is 1.80. The highest BCUT2D eigenvalue weighted by atomic mass is 16.1. The van der Waals surface area contributed by atoms with Crippen LogP contribution in [0, 0.1) is 0 Å². The van der Waals surface area contributed by atoms with Crippen LogP contribution in [-0.2, 0) is 0 Å². The Bertz CT molecular complexity index is 490. The molecule has 0 aliphatic rings. The van der Waals surface area contributed by atoms with Gasteiger partial charge in [0.25, 0.3) is 5.56 Å². The van der Waals surface area contributed by atoms with E-state index in [0.717, 1.165) is 12.8 Å². The van der Waals surface area contributed by atoms with Crippen molar-refractivity contribution in [2.75, 3.05) is 0 Å². The minimum absolute atomic E-state index is 0.0443. The van der Waals surface area contributed by atoms with Crippen molar-refractivity contribution in [3.8, 4) is 0 Å². The molecule has 0 saturated carbocycles. The SMILES string of the molecule is CCCCCCCCCCCCCCCCCC(=O)c1c[nH][nH]c1=O. The maximum Gasteiger partial charge on any atom is 0.274 e. The van der Waals surface area contributed by atoms with Crippen molar-refractivity contribution < 1.29 is 4.79 Å². The highest BCUT2D eigenvalue weighted by Gasteiger charge is 2.10. The highest BCUT2D eigenvalue weighted by molar-refractivity contribution is 5.95. The van der Waals surface area contributed by atoms with E-state index in [1.165, 1.54) is 89.7 Å². The molecule has 0 aliphatic heterocycles. The molecule has 0 radical (unpaired) electrons. The Morgan fingerprint density at radius 1 is 0.760 bits per heavy atom. The van der Waals surface area contributed by atoms with Crippen LogP contribution in [0.3, 0.4) is 0 Å². The van der Waals surface area contributed by atoms with Gasteiger partial charge >= 0.3 is 0 Å². The lowest BCUT2D eigenvalue weighted by molar-refractivity contribution is 0.0978. The molecule has 2 N–H and O–H groups in total. The van der Waals surface area contributed by atoms with Gasteiger partial charge in [0.15, 0.2) is 5.78 Å². The minimum atomic E-state index is -0.300. The molecule has 0 amide bonds. The van der Waals surface area contributed by atoms with Gasteiger partial charge in [-0.25, -0.2) is 0 Å². The first-order chi connectivity index (χ1) is 12.3. The van der Waals surface area contributed by atoms with E-state index in [9.17, 15) is 9.59 Å². The summed E-state index contributed by atoms with van der Waals surface area (Å²) in [6, 6.07) is 0. The first-order valence-electron chi connectivity index (χ1n) is 10.5. The van der Waals surface area contributed by atoms with Crippen molar-refractivity contribution in [2.45, 2.75) is 110 Å². The number of carbonyl (C=O) groups excluding carboxylic acids is 1. The van der Waals surface area contributed by atoms with Crippen LogP contribution in [0.2, 0.25) is 0 Å². The molecule has 1 aromatic rings. The molecule has 25 heavy (non-hydrogen) atoms. The lowest BCUT2D eigenvalue weighted by Crippen LogP contribution is -2.11. The molecule has 4 nitrogen and oxygen atoms in total. The molecule has 1 rings (SSSR count). The molecule has 0 saturated heterocycles. The number of rotatable bonds is 17. The Morgan fingerprint density at radius 3 is 1.60 bits per heavy atom. The van der Waals surface area contributed by atoms with E-state index in [2.05, 4.69) is 17.1 Å². The minimum Gasteiger partial charge on any atom is -0.305 e. The van der Waals surface area contributed by atoms with Crippen LogP contribution in [0.25, 0.3) is 0 Å². The first-order valence-corrected chi connectivity index (χ1v) is 10.5. The van der Waals surface area contributed by atoms with Crippen LogP contribution in [0.5, 0.6) is 0 Å². The van der Waals surface area contributed by atoms with Gasteiger partial charge in [0.05, 0.1) is 0 Å². The van der Waals surface area contributed by atoms with Gasteiger partial charge in [-0.1, -0.05) is 96.8 Å². The zero-order valence-electron chi connectivity index (χ0n) is 16.2. The molecule has 0 aliphatic carbocycles. The number of Topliss-reactive ketones (excluding diaryl/α,β-unsaturated/α-hetero) is 1. The summed E-state index contributed by atoms with van der Waals surface area (Å²) in [5.74, 6) is -0.0443. The van der Waals surface area contributed by atoms with Crippen molar-refractivity contribution in [1.29, 1.82) is 0 Å². The van der Waals surface area contributed by atoms with Crippen LogP contribution in [-0.4, -0.2) is 16.0 Å². The van der Waals surface area contributed by atoms with Crippen molar-refractivity contribution in [2.24, 2.45) is 0 Å². The van der Waals surface area contributed by atoms with Gasteiger partial charge in [-0.3, -0.25) is 14.7 Å². The lowest BCUT2D eigenvalue weighted by atomic mass is 10.0. The number of aromatic amines is 2. The third-order valence-corrected chi connectivity index (χ3v) is 4.95. The largest absolute Gasteiger partial charge is 0.305 e. The van der Waals surface area contributed by atoms with Crippen LogP contribution >= 0.6 is 0 Å². The molecular formula is C21H38N2O2. The molecule has 1 aromatic heterocycles. The zero-order chi connectivity index (χ0) is 18.2. The van der Waals surface area contributed by atoms with Crippen molar-refractivity contribution in [1.82, 2.24) is 10.2 Å². The van der Waals surface area contributed by atoms with Gasteiger partial charge in [0.1, 0.15) is 5.56 Å². The summed E-state index contributed by atoms with van der Waals surface area (Å²) in [6.07, 6.45) is 21.7. The van der Waals surface area contributed by atoms with Gasteiger partial charge in [-0.05, 0) is 6.42 Å². The quantitative estimate of drug-likeness (QED) is 0.261. The number of aromatic nitrogens is 2. The first kappa shape index (κ1) is 21.7. The van der Waals surface area contributed by atoms with E-state index in [1.54, 1.807) is 0 Å². The second kappa shape index (κ2) is 15.0. The van der Waals surface area contributed by atoms with E-state index in [-0.39, 0.29) is 16.9 Å². The van der Waals surface area contributed by atoms with Crippen LogP contribution in [0.4, 0.5) is 0 Å². The number of H-pyrrole nitrogens is 2. The van der Waals surface area contributed by atoms with Crippen LogP contribution < -0.4 is 5.56 Å². The third kappa shape index (κ3) is 11.0. The second-order valence-electron chi connectivity index (χ2n) is 7.28. The molecule has 0 fully saturated rings. The molecule has 0 atom stereocenters. The predicted octanol–water partition coefficient (Wildman–Crippen LogP) is 6.15.